The Morgan fingerprint density at radius 3 is 2.75 bits per heavy atom. The maximum atomic E-state index is 10.7. The highest BCUT2D eigenvalue weighted by molar-refractivity contribution is 5.59. The van der Waals surface area contributed by atoms with Gasteiger partial charge in [-0.1, -0.05) is 0 Å². The number of nitriles is 1. The summed E-state index contributed by atoms with van der Waals surface area (Å²) in [5, 5.41) is 8.16. The lowest BCUT2D eigenvalue weighted by Crippen LogP contribution is -2.13. The first-order chi connectivity index (χ1) is 5.66. The number of hydrogen-bond acceptors (Lipinski definition) is 4. The van der Waals surface area contributed by atoms with Crippen molar-refractivity contribution in [1.29, 1.82) is 5.26 Å². The predicted molar refractivity (Wildman–Crippen MR) is 42.4 cm³/mol. The van der Waals surface area contributed by atoms with Gasteiger partial charge in [0, 0.05) is 6.42 Å². The van der Waals surface area contributed by atoms with Gasteiger partial charge in [0.15, 0.2) is 0 Å². The van der Waals surface area contributed by atoms with E-state index in [4.69, 9.17) is 5.26 Å². The van der Waals surface area contributed by atoms with E-state index in [0.717, 1.165) is 0 Å². The highest BCUT2D eigenvalue weighted by Crippen LogP contribution is 1.94. The van der Waals surface area contributed by atoms with Crippen LogP contribution >= 0.6 is 0 Å². The number of nitrogens with zero attached hydrogens (tertiary/aromatic N) is 1. The van der Waals surface area contributed by atoms with Crippen molar-refractivity contribution in [2.45, 2.75) is 32.8 Å². The van der Waals surface area contributed by atoms with Crippen LogP contribution in [0.4, 0.5) is 4.79 Å². The molecule has 0 aliphatic heterocycles. The van der Waals surface area contributed by atoms with Crippen molar-refractivity contribution in [2.24, 2.45) is 0 Å². The molecule has 0 aliphatic rings. The fourth-order valence-corrected chi connectivity index (χ4v) is 0.533. The van der Waals surface area contributed by atoms with E-state index in [-0.39, 0.29) is 12.7 Å². The molecule has 68 valence electrons. The topological polar surface area (TPSA) is 59.3 Å². The first kappa shape index (κ1) is 10.8. The minimum atomic E-state index is -0.664. The van der Waals surface area contributed by atoms with Crippen molar-refractivity contribution >= 4 is 6.16 Å². The lowest BCUT2D eigenvalue weighted by Gasteiger charge is -2.07. The molecule has 0 aromatic heterocycles. The number of carbonyl (C=O) groups excluding carboxylic acids is 1. The molecule has 0 aromatic rings. The first-order valence-corrected chi connectivity index (χ1v) is 3.87. The summed E-state index contributed by atoms with van der Waals surface area (Å²) >= 11 is 0. The molecule has 0 unspecified atom stereocenters. The van der Waals surface area contributed by atoms with E-state index < -0.39 is 6.16 Å². The molecule has 0 saturated heterocycles. The third kappa shape index (κ3) is 6.87. The van der Waals surface area contributed by atoms with Gasteiger partial charge in [-0.3, -0.25) is 0 Å². The normalized spacial score (nSPS) is 9.17. The zero-order valence-electron chi connectivity index (χ0n) is 7.37. The van der Waals surface area contributed by atoms with E-state index in [1.54, 1.807) is 13.8 Å². The fourth-order valence-electron chi connectivity index (χ4n) is 0.533. The second-order valence-corrected chi connectivity index (χ2v) is 2.53. The lowest BCUT2D eigenvalue weighted by atomic mass is 10.3. The molecular formula is C8H13NO3. The number of hydrogen-bond donors (Lipinski definition) is 0. The molecule has 0 bridgehead atoms. The molecular weight excluding hydrogens is 158 g/mol. The van der Waals surface area contributed by atoms with Crippen molar-refractivity contribution < 1.29 is 14.3 Å². The maximum absolute atomic E-state index is 10.7. The quantitative estimate of drug-likeness (QED) is 0.478. The van der Waals surface area contributed by atoms with E-state index in [1.807, 2.05) is 6.07 Å². The fraction of sp³-hybridized carbons (Fsp3) is 0.750. The van der Waals surface area contributed by atoms with E-state index >= 15 is 0 Å². The van der Waals surface area contributed by atoms with Gasteiger partial charge in [0.25, 0.3) is 0 Å². The molecule has 0 rings (SSSR count). The van der Waals surface area contributed by atoms with Crippen molar-refractivity contribution in [1.82, 2.24) is 0 Å². The standard InChI is InChI=1S/C8H13NO3/c1-7(2)12-8(10)11-6-4-3-5-9/h7H,3-4,6H2,1-2H3. The van der Waals surface area contributed by atoms with Gasteiger partial charge in [-0.2, -0.15) is 5.26 Å². The summed E-state index contributed by atoms with van der Waals surface area (Å²) in [6, 6.07) is 1.95. The summed E-state index contributed by atoms with van der Waals surface area (Å²) in [4.78, 5) is 10.7. The number of unbranched alkanes of at least 4 members (excludes halogenated alkanes) is 1. The van der Waals surface area contributed by atoms with Gasteiger partial charge in [-0.05, 0) is 20.3 Å². The minimum absolute atomic E-state index is 0.159. The van der Waals surface area contributed by atoms with Crippen molar-refractivity contribution in [3.63, 3.8) is 0 Å². The maximum Gasteiger partial charge on any atom is 0.508 e. The third-order valence-corrected chi connectivity index (χ3v) is 0.985. The summed E-state index contributed by atoms with van der Waals surface area (Å²) in [5.74, 6) is 0. The molecule has 12 heavy (non-hydrogen) atoms. The first-order valence-electron chi connectivity index (χ1n) is 3.87. The number of rotatable bonds is 4. The SMILES string of the molecule is CC(C)OC(=O)OCCCC#N. The van der Waals surface area contributed by atoms with Crippen LogP contribution in [0, 0.1) is 11.3 Å². The van der Waals surface area contributed by atoms with E-state index in [2.05, 4.69) is 9.47 Å². The van der Waals surface area contributed by atoms with Crippen LogP contribution in [-0.4, -0.2) is 18.9 Å². The van der Waals surface area contributed by atoms with Crippen LogP contribution in [0.5, 0.6) is 0 Å². The summed E-state index contributed by atoms with van der Waals surface area (Å²) < 4.78 is 9.33. The molecule has 0 saturated carbocycles. The Morgan fingerprint density at radius 2 is 2.25 bits per heavy atom. The largest absolute Gasteiger partial charge is 0.508 e. The van der Waals surface area contributed by atoms with Crippen LogP contribution in [0.1, 0.15) is 26.7 Å². The van der Waals surface area contributed by atoms with Crippen LogP contribution in [0.3, 0.4) is 0 Å². The van der Waals surface area contributed by atoms with Crippen molar-refractivity contribution in [2.75, 3.05) is 6.61 Å². The van der Waals surface area contributed by atoms with E-state index in [0.29, 0.717) is 12.8 Å². The summed E-state index contributed by atoms with van der Waals surface area (Å²) in [5.41, 5.74) is 0. The van der Waals surface area contributed by atoms with E-state index in [9.17, 15) is 4.79 Å². The van der Waals surface area contributed by atoms with Gasteiger partial charge in [-0.25, -0.2) is 4.79 Å². The summed E-state index contributed by atoms with van der Waals surface area (Å²) in [7, 11) is 0. The molecule has 0 heterocycles. The molecule has 4 heteroatoms. The van der Waals surface area contributed by atoms with E-state index in [1.165, 1.54) is 0 Å². The molecule has 0 radical (unpaired) electrons. The Hall–Kier alpha value is -1.24. The molecule has 0 N–H and O–H groups in total. The molecule has 0 atom stereocenters. The Bertz CT molecular complexity index is 172. The number of ether oxygens (including phenoxy) is 2. The van der Waals surface area contributed by atoms with Gasteiger partial charge < -0.3 is 9.47 Å². The third-order valence-electron chi connectivity index (χ3n) is 0.985. The smallest absolute Gasteiger partial charge is 0.434 e. The van der Waals surface area contributed by atoms with Gasteiger partial charge in [0.05, 0.1) is 18.8 Å². The summed E-state index contributed by atoms with van der Waals surface area (Å²) in [6.45, 7) is 3.74. The Labute approximate surface area is 72.1 Å². The predicted octanol–water partition coefficient (Wildman–Crippen LogP) is 1.85. The number of carbonyl (C=O) groups is 1. The van der Waals surface area contributed by atoms with Crippen LogP contribution in [0.2, 0.25) is 0 Å². The minimum Gasteiger partial charge on any atom is -0.434 e. The Kier molecular flexibility index (Phi) is 5.80. The zero-order chi connectivity index (χ0) is 9.40. The van der Waals surface area contributed by atoms with Gasteiger partial charge in [0.1, 0.15) is 0 Å². The second kappa shape index (κ2) is 6.47. The van der Waals surface area contributed by atoms with Crippen LogP contribution < -0.4 is 0 Å². The highest BCUT2D eigenvalue weighted by Gasteiger charge is 2.04. The lowest BCUT2D eigenvalue weighted by molar-refractivity contribution is 0.0342. The monoisotopic (exact) mass is 171 g/mol. The average molecular weight is 171 g/mol. The molecule has 0 fully saturated rings. The molecule has 0 amide bonds. The van der Waals surface area contributed by atoms with Crippen LogP contribution in [0.15, 0.2) is 0 Å². The van der Waals surface area contributed by atoms with Crippen molar-refractivity contribution in [3.05, 3.63) is 0 Å². The summed E-state index contributed by atoms with van der Waals surface area (Å²) in [6.07, 6.45) is 0.134. The van der Waals surface area contributed by atoms with Crippen LogP contribution in [0.25, 0.3) is 0 Å². The van der Waals surface area contributed by atoms with Crippen LogP contribution in [-0.2, 0) is 9.47 Å². The average Bonchev–Trinajstić information content (AvgIpc) is 1.97. The molecule has 0 spiro atoms. The van der Waals surface area contributed by atoms with Crippen molar-refractivity contribution in [3.8, 4) is 6.07 Å². The highest BCUT2D eigenvalue weighted by atomic mass is 16.7. The molecule has 0 aromatic carbocycles. The van der Waals surface area contributed by atoms with Gasteiger partial charge in [-0.15, -0.1) is 0 Å². The molecule has 0 aliphatic carbocycles. The van der Waals surface area contributed by atoms with Gasteiger partial charge >= 0.3 is 6.16 Å². The van der Waals surface area contributed by atoms with Gasteiger partial charge in [0.2, 0.25) is 0 Å². The Morgan fingerprint density at radius 1 is 1.58 bits per heavy atom. The zero-order valence-corrected chi connectivity index (χ0v) is 7.37. The second-order valence-electron chi connectivity index (χ2n) is 2.53. The Balaban J connectivity index is 3.27. The molecule has 4 nitrogen and oxygen atoms in total.